The zero-order valence-corrected chi connectivity index (χ0v) is 44.5. The molecule has 19 nitrogen and oxygen atoms in total. The van der Waals surface area contributed by atoms with Gasteiger partial charge < -0.3 is 35.7 Å². The minimum atomic E-state index is -2.02. The number of pyridine rings is 2. The first-order valence-electron chi connectivity index (χ1n) is 27.2. The van der Waals surface area contributed by atoms with Crippen LogP contribution in [0.2, 0.25) is 0 Å². The summed E-state index contributed by atoms with van der Waals surface area (Å²) in [5, 5.41) is 23.4. The molecule has 4 atom stereocenters. The number of carbonyl (C=O) groups is 9. The van der Waals surface area contributed by atoms with E-state index in [4.69, 9.17) is 9.72 Å². The fraction of sp³-hybridized carbons (Fsp3) is 0.500. The summed E-state index contributed by atoms with van der Waals surface area (Å²) < 4.78 is 22.1. The highest BCUT2D eigenvalue weighted by Gasteiger charge is 2.46. The van der Waals surface area contributed by atoms with Gasteiger partial charge in [-0.05, 0) is 86.6 Å². The van der Waals surface area contributed by atoms with Crippen molar-refractivity contribution in [3.63, 3.8) is 0 Å². The molecule has 20 heteroatoms. The number of cyclic esters (lactones) is 1. The first-order chi connectivity index (χ1) is 37.4. The summed E-state index contributed by atoms with van der Waals surface area (Å²) in [6.45, 7) is 5.29. The number of likely N-dealkylation sites (tertiary alicyclic amines) is 1. The number of rotatable bonds is 26. The molecular weight excluding hydrogens is 1010 g/mol. The number of unbranched alkanes of at least 4 members (excludes halogenated alkanes) is 4. The van der Waals surface area contributed by atoms with Crippen LogP contribution in [0.5, 0.6) is 0 Å². The molecule has 0 spiro atoms. The number of carbonyl (C=O) groups excluding carboxylic acids is 9. The maximum atomic E-state index is 15.4. The summed E-state index contributed by atoms with van der Waals surface area (Å²) in [5.74, 6) is -4.01. The highest BCUT2D eigenvalue weighted by Crippen LogP contribution is 2.46. The van der Waals surface area contributed by atoms with E-state index >= 15 is 4.39 Å². The number of hydrogen-bond donors (Lipinski definition) is 5. The number of amides is 6. The molecule has 8 rings (SSSR count). The Morgan fingerprint density at radius 1 is 0.846 bits per heavy atom. The number of aromatic nitrogens is 2. The fourth-order valence-corrected chi connectivity index (χ4v) is 11.1. The zero-order chi connectivity index (χ0) is 55.8. The maximum absolute atomic E-state index is 15.4. The van der Waals surface area contributed by atoms with Crippen LogP contribution in [0.1, 0.15) is 155 Å². The van der Waals surface area contributed by atoms with Crippen LogP contribution in [0, 0.1) is 18.7 Å². The van der Waals surface area contributed by atoms with Gasteiger partial charge in [0.2, 0.25) is 35.4 Å². The van der Waals surface area contributed by atoms with Crippen molar-refractivity contribution in [1.29, 1.82) is 0 Å². The summed E-state index contributed by atoms with van der Waals surface area (Å²) in [6, 6.07) is 10.6. The molecule has 6 amide bonds. The predicted octanol–water partition coefficient (Wildman–Crippen LogP) is 4.80. The lowest BCUT2D eigenvalue weighted by Gasteiger charge is -2.31. The molecule has 78 heavy (non-hydrogen) atoms. The third-order valence-electron chi connectivity index (χ3n) is 15.6. The number of nitrogens with one attached hydrogen (secondary N) is 4. The number of nitrogens with zero attached hydrogens (tertiary/aromatic N) is 3. The van der Waals surface area contributed by atoms with E-state index in [9.17, 15) is 53.1 Å². The zero-order valence-electron chi connectivity index (χ0n) is 44.5. The number of aryl methyl sites for hydroxylation is 1. The first kappa shape index (κ1) is 56.7. The second kappa shape index (κ2) is 24.9. The van der Waals surface area contributed by atoms with Gasteiger partial charge >= 0.3 is 5.97 Å². The van der Waals surface area contributed by atoms with Gasteiger partial charge in [-0.15, -0.1) is 0 Å². The fourth-order valence-electron chi connectivity index (χ4n) is 11.1. The molecule has 1 saturated heterocycles. The molecule has 0 bridgehead atoms. The van der Waals surface area contributed by atoms with Crippen LogP contribution in [0.25, 0.3) is 22.3 Å². The van der Waals surface area contributed by atoms with Gasteiger partial charge in [-0.3, -0.25) is 48.1 Å². The van der Waals surface area contributed by atoms with E-state index in [1.807, 2.05) is 30.3 Å². The van der Waals surface area contributed by atoms with Crippen LogP contribution >= 0.6 is 0 Å². The second-order valence-corrected chi connectivity index (χ2v) is 21.0. The van der Waals surface area contributed by atoms with Crippen LogP contribution in [-0.4, -0.2) is 98.2 Å². The quantitative estimate of drug-likeness (QED) is 0.0283. The highest BCUT2D eigenvalue weighted by atomic mass is 19.1. The van der Waals surface area contributed by atoms with Gasteiger partial charge in [0.1, 0.15) is 12.4 Å². The molecule has 1 fully saturated rings. The van der Waals surface area contributed by atoms with Crippen LogP contribution < -0.4 is 26.8 Å². The average Bonchev–Trinajstić information content (AvgIpc) is 4.10. The lowest BCUT2D eigenvalue weighted by atomic mass is 9.81. The summed E-state index contributed by atoms with van der Waals surface area (Å²) in [4.78, 5) is 135. The van der Waals surface area contributed by atoms with Crippen LogP contribution in [-0.2, 0) is 79.5 Å². The first-order valence-corrected chi connectivity index (χ1v) is 27.2. The number of aliphatic hydroxyl groups is 1. The monoisotopic (exact) mass is 1070 g/mol. The average molecular weight is 1070 g/mol. The molecule has 5 N–H and O–H groups in total. The molecule has 0 radical (unpaired) electrons. The summed E-state index contributed by atoms with van der Waals surface area (Å²) in [6.07, 6.45) is 4.51. The molecule has 1 aliphatic carbocycles. The van der Waals surface area contributed by atoms with Gasteiger partial charge in [-0.1, -0.05) is 57.0 Å². The summed E-state index contributed by atoms with van der Waals surface area (Å²) in [5.41, 5.74) is 2.63. The molecule has 5 heterocycles. The van der Waals surface area contributed by atoms with Crippen molar-refractivity contribution in [2.75, 3.05) is 19.6 Å². The molecule has 4 aliphatic rings. The number of hydrogen-bond acceptors (Lipinski definition) is 13. The Kier molecular flexibility index (Phi) is 18.1. The number of imide groups is 1. The smallest absolute Gasteiger partial charge is 0.343 e. The largest absolute Gasteiger partial charge is 0.458 e. The van der Waals surface area contributed by atoms with Crippen molar-refractivity contribution in [2.24, 2.45) is 5.92 Å². The van der Waals surface area contributed by atoms with Crippen molar-refractivity contribution >= 4 is 63.9 Å². The SMILES string of the molecule is CC[C@@]1(O)C(=O)OCc2c1cc1n(c2=O)Cc2c-1nc1cc(F)c(C)c3c1c2[C@@H](NC(=O)CCCCCNC(=O)CCC(=O)[C@H](Cc1ccccc1)NC(=O)CCC(=O)CNC(=O)CCCCCN1C(=O)CC(C)C1=O)CC3. The van der Waals surface area contributed by atoms with Crippen LogP contribution in [0.15, 0.2) is 47.3 Å². The van der Waals surface area contributed by atoms with Crippen molar-refractivity contribution in [3.8, 4) is 11.4 Å². The van der Waals surface area contributed by atoms with E-state index in [1.54, 1.807) is 26.8 Å². The molecule has 2 aromatic heterocycles. The summed E-state index contributed by atoms with van der Waals surface area (Å²) in [7, 11) is 0. The third-order valence-corrected chi connectivity index (χ3v) is 15.6. The second-order valence-electron chi connectivity index (χ2n) is 21.0. The van der Waals surface area contributed by atoms with E-state index < -0.39 is 40.9 Å². The number of esters is 1. The number of benzene rings is 2. The predicted molar refractivity (Wildman–Crippen MR) is 282 cm³/mol. The third kappa shape index (κ3) is 12.6. The minimum absolute atomic E-state index is 0.0199. The molecule has 1 unspecified atom stereocenters. The molecule has 4 aromatic rings. The number of Topliss-reactive ketones (excluding diaryl/α,β-unsaturated/α-hetero) is 2. The lowest BCUT2D eigenvalue weighted by molar-refractivity contribution is -0.172. The van der Waals surface area contributed by atoms with Gasteiger partial charge in [0.25, 0.3) is 5.56 Å². The van der Waals surface area contributed by atoms with Crippen LogP contribution in [0.3, 0.4) is 0 Å². The Bertz CT molecular complexity index is 3120. The van der Waals surface area contributed by atoms with Gasteiger partial charge in [-0.25, -0.2) is 14.2 Å². The van der Waals surface area contributed by atoms with Crippen molar-refractivity contribution in [3.05, 3.63) is 97.6 Å². The van der Waals surface area contributed by atoms with E-state index in [2.05, 4.69) is 21.3 Å². The maximum Gasteiger partial charge on any atom is 0.343 e. The Hall–Kier alpha value is -7.48. The van der Waals surface area contributed by atoms with Gasteiger partial charge in [0.05, 0.1) is 47.6 Å². The topological polar surface area (TPSA) is 269 Å². The van der Waals surface area contributed by atoms with Crippen LogP contribution in [0.4, 0.5) is 4.39 Å². The number of ketones is 2. The summed E-state index contributed by atoms with van der Waals surface area (Å²) >= 11 is 0. The minimum Gasteiger partial charge on any atom is -0.458 e. The van der Waals surface area contributed by atoms with Gasteiger partial charge in [-0.2, -0.15) is 0 Å². The lowest BCUT2D eigenvalue weighted by Crippen LogP contribution is -2.44. The standard InChI is InChI=1S/C58H68FN7O12/c1-4-58(77)40-28-45-54-38(31-66(45)56(75)39(40)32-78-57(58)76)53-42(20-19-37-34(3)41(59)29-44(64-54)52(37)53)62-49(71)17-10-6-12-24-60-48(70)23-21-46(68)43(27-35-14-8-5-9-15-35)63-50(72)22-18-36(67)30-61-47(69)16-11-7-13-25-65-51(73)26-33(2)55(65)74/h5,8-9,14-15,28-29,33,42-43,77H,4,6-7,10-13,16-27,30-32H2,1-3H3,(H,60,70)(H,61,69)(H,62,71)(H,63,72)/t33?,42-,43-,58-/m0/s1. The van der Waals surface area contributed by atoms with Crippen molar-refractivity contribution in [1.82, 2.24) is 35.7 Å². The van der Waals surface area contributed by atoms with Gasteiger partial charge in [0, 0.05) is 86.5 Å². The van der Waals surface area contributed by atoms with E-state index in [0.29, 0.717) is 92.5 Å². The molecule has 414 valence electrons. The Morgan fingerprint density at radius 2 is 1.56 bits per heavy atom. The van der Waals surface area contributed by atoms with E-state index in [0.717, 1.165) is 22.1 Å². The van der Waals surface area contributed by atoms with Gasteiger partial charge in [0.15, 0.2) is 17.2 Å². The number of fused-ring (bicyclic) bond motifs is 5. The molecular formula is C58H68FN7O12. The molecule has 2 aromatic carbocycles. The van der Waals surface area contributed by atoms with Crippen molar-refractivity contribution < 1.29 is 57.4 Å². The Balaban J connectivity index is 0.766. The molecule has 3 aliphatic heterocycles. The van der Waals surface area contributed by atoms with E-state index in [1.165, 1.54) is 15.5 Å². The number of halogens is 1. The highest BCUT2D eigenvalue weighted by molar-refractivity contribution is 6.03. The van der Waals surface area contributed by atoms with E-state index in [-0.39, 0.29) is 136 Å². The Labute approximate surface area is 450 Å². The normalized spacial score (nSPS) is 18.4. The number of ether oxygens (including phenoxy) is 1. The van der Waals surface area contributed by atoms with Crippen molar-refractivity contribution in [2.45, 2.75) is 161 Å². The Morgan fingerprint density at radius 3 is 2.29 bits per heavy atom. The molecule has 0 saturated carbocycles.